The van der Waals surface area contributed by atoms with Gasteiger partial charge in [-0.15, -0.1) is 0 Å². The molecular weight excluding hydrogens is 252 g/mol. The number of carboxylic acids is 1. The minimum absolute atomic E-state index is 0.0601. The molecule has 1 aromatic rings. The minimum Gasteiger partial charge on any atom is -0.478 e. The molecule has 0 amide bonds. The Morgan fingerprint density at radius 1 is 1.47 bits per heavy atom. The highest BCUT2D eigenvalue weighted by atomic mass is 16.6. The summed E-state index contributed by atoms with van der Waals surface area (Å²) in [7, 11) is 0. The first kappa shape index (κ1) is 14.9. The van der Waals surface area contributed by atoms with Crippen molar-refractivity contribution in [3.05, 3.63) is 33.9 Å². The van der Waals surface area contributed by atoms with Crippen LogP contribution in [0.25, 0.3) is 0 Å². The molecule has 0 saturated carbocycles. The Morgan fingerprint density at radius 2 is 2.11 bits per heavy atom. The van der Waals surface area contributed by atoms with Crippen LogP contribution in [0.4, 0.5) is 11.4 Å². The number of rotatable bonds is 6. The predicted molar refractivity (Wildman–Crippen MR) is 69.4 cm³/mol. The van der Waals surface area contributed by atoms with Crippen molar-refractivity contribution in [3.63, 3.8) is 0 Å². The summed E-state index contributed by atoms with van der Waals surface area (Å²) >= 11 is 0. The number of nitrogens with zero attached hydrogens (tertiary/aromatic N) is 1. The fourth-order valence-corrected chi connectivity index (χ4v) is 1.37. The lowest BCUT2D eigenvalue weighted by Crippen LogP contribution is -2.27. The smallest absolute Gasteiger partial charge is 0.338 e. The van der Waals surface area contributed by atoms with Crippen molar-refractivity contribution in [1.29, 1.82) is 0 Å². The van der Waals surface area contributed by atoms with E-state index in [-0.39, 0.29) is 17.9 Å². The number of carbonyl (C=O) groups is 1. The van der Waals surface area contributed by atoms with Crippen LogP contribution in [0, 0.1) is 15.5 Å². The van der Waals surface area contributed by atoms with Crippen LogP contribution in [0.5, 0.6) is 0 Å². The molecule has 7 nitrogen and oxygen atoms in total. The molecule has 1 rings (SSSR count). The summed E-state index contributed by atoms with van der Waals surface area (Å²) in [6.45, 7) is 3.91. The monoisotopic (exact) mass is 268 g/mol. The summed E-state index contributed by atoms with van der Waals surface area (Å²) in [5.74, 6) is -1.24. The molecule has 3 N–H and O–H groups in total. The number of non-ortho nitro benzene ring substituents is 1. The minimum atomic E-state index is -1.24. The lowest BCUT2D eigenvalue weighted by atomic mass is 9.94. The van der Waals surface area contributed by atoms with Crippen molar-refractivity contribution in [2.75, 3.05) is 18.5 Å². The number of nitro benzene ring substituents is 1. The summed E-state index contributed by atoms with van der Waals surface area (Å²) in [6.07, 6.45) is 0. The second kappa shape index (κ2) is 5.66. The quantitative estimate of drug-likeness (QED) is 0.535. The first-order valence-electron chi connectivity index (χ1n) is 5.63. The van der Waals surface area contributed by atoms with E-state index in [1.165, 1.54) is 12.1 Å². The first-order valence-corrected chi connectivity index (χ1v) is 5.63. The maximum Gasteiger partial charge on any atom is 0.338 e. The third-order valence-corrected chi connectivity index (χ3v) is 2.63. The highest BCUT2D eigenvalue weighted by Gasteiger charge is 2.20. The fraction of sp³-hybridized carbons (Fsp3) is 0.417. The normalized spacial score (nSPS) is 11.1. The molecule has 7 heteroatoms. The van der Waals surface area contributed by atoms with Crippen LogP contribution >= 0.6 is 0 Å². The molecule has 19 heavy (non-hydrogen) atoms. The van der Waals surface area contributed by atoms with E-state index in [4.69, 9.17) is 10.2 Å². The van der Waals surface area contributed by atoms with Crippen molar-refractivity contribution in [2.24, 2.45) is 5.41 Å². The number of aliphatic hydroxyl groups excluding tert-OH is 1. The molecule has 0 fully saturated rings. The number of nitro groups is 1. The average Bonchev–Trinajstić information content (AvgIpc) is 2.36. The van der Waals surface area contributed by atoms with Gasteiger partial charge in [0.05, 0.1) is 10.5 Å². The van der Waals surface area contributed by atoms with Crippen LogP contribution in [-0.2, 0) is 0 Å². The van der Waals surface area contributed by atoms with E-state index in [0.717, 1.165) is 6.07 Å². The molecule has 1 aromatic carbocycles. The molecule has 0 heterocycles. The highest BCUT2D eigenvalue weighted by Crippen LogP contribution is 2.24. The molecule has 0 bridgehead atoms. The molecule has 0 aliphatic carbocycles. The molecule has 0 radical (unpaired) electrons. The summed E-state index contributed by atoms with van der Waals surface area (Å²) < 4.78 is 0. The Kier molecular flexibility index (Phi) is 4.44. The van der Waals surface area contributed by atoms with E-state index in [9.17, 15) is 14.9 Å². The Balaban J connectivity index is 3.01. The number of hydrogen-bond donors (Lipinski definition) is 3. The van der Waals surface area contributed by atoms with Gasteiger partial charge < -0.3 is 15.5 Å². The van der Waals surface area contributed by atoms with Gasteiger partial charge in [-0.3, -0.25) is 10.1 Å². The van der Waals surface area contributed by atoms with Gasteiger partial charge in [0.2, 0.25) is 0 Å². The van der Waals surface area contributed by atoms with Gasteiger partial charge in [0.1, 0.15) is 0 Å². The third kappa shape index (κ3) is 3.92. The van der Waals surface area contributed by atoms with Crippen molar-refractivity contribution in [3.8, 4) is 0 Å². The van der Waals surface area contributed by atoms with Crippen LogP contribution in [0.1, 0.15) is 24.2 Å². The van der Waals surface area contributed by atoms with E-state index in [1.54, 1.807) is 0 Å². The fourth-order valence-electron chi connectivity index (χ4n) is 1.37. The second-order valence-electron chi connectivity index (χ2n) is 4.97. The zero-order valence-corrected chi connectivity index (χ0v) is 10.7. The van der Waals surface area contributed by atoms with Gasteiger partial charge in [0, 0.05) is 36.4 Å². The second-order valence-corrected chi connectivity index (χ2v) is 4.97. The van der Waals surface area contributed by atoms with Crippen LogP contribution in [-0.4, -0.2) is 34.3 Å². The zero-order valence-electron chi connectivity index (χ0n) is 10.7. The average molecular weight is 268 g/mol. The summed E-state index contributed by atoms with van der Waals surface area (Å²) in [5.41, 5.74) is -0.565. The topological polar surface area (TPSA) is 113 Å². The van der Waals surface area contributed by atoms with E-state index < -0.39 is 16.3 Å². The van der Waals surface area contributed by atoms with E-state index >= 15 is 0 Å². The maximum atomic E-state index is 11.1. The van der Waals surface area contributed by atoms with Crippen molar-refractivity contribution in [1.82, 2.24) is 0 Å². The molecule has 0 aliphatic heterocycles. The highest BCUT2D eigenvalue weighted by molar-refractivity contribution is 5.95. The van der Waals surface area contributed by atoms with Crippen LogP contribution in [0.3, 0.4) is 0 Å². The van der Waals surface area contributed by atoms with E-state index in [1.807, 2.05) is 13.8 Å². The standard InChI is InChI=1S/C12H16N2O5/c1-12(2,7-15)6-13-10-4-3-8(14(18)19)5-9(10)11(16)17/h3-5,13,15H,6-7H2,1-2H3,(H,16,17). The Labute approximate surface area is 110 Å². The Morgan fingerprint density at radius 3 is 2.58 bits per heavy atom. The van der Waals surface area contributed by atoms with Gasteiger partial charge in [-0.25, -0.2) is 4.79 Å². The number of aliphatic hydroxyl groups is 1. The number of hydrogen-bond acceptors (Lipinski definition) is 5. The van der Waals surface area contributed by atoms with Gasteiger partial charge in [-0.1, -0.05) is 13.8 Å². The van der Waals surface area contributed by atoms with Gasteiger partial charge in [-0.05, 0) is 6.07 Å². The largest absolute Gasteiger partial charge is 0.478 e. The van der Waals surface area contributed by atoms with E-state index in [2.05, 4.69) is 5.32 Å². The van der Waals surface area contributed by atoms with Crippen molar-refractivity contribution in [2.45, 2.75) is 13.8 Å². The van der Waals surface area contributed by atoms with E-state index in [0.29, 0.717) is 12.2 Å². The number of benzene rings is 1. The van der Waals surface area contributed by atoms with Gasteiger partial charge in [0.25, 0.3) is 5.69 Å². The lowest BCUT2D eigenvalue weighted by Gasteiger charge is -2.23. The number of anilines is 1. The Hall–Kier alpha value is -2.15. The zero-order chi connectivity index (χ0) is 14.6. The predicted octanol–water partition coefficient (Wildman–Crippen LogP) is 1.72. The molecule has 0 unspecified atom stereocenters. The van der Waals surface area contributed by atoms with Gasteiger partial charge in [0.15, 0.2) is 0 Å². The maximum absolute atomic E-state index is 11.1. The molecule has 0 aliphatic rings. The molecule has 104 valence electrons. The summed E-state index contributed by atoms with van der Waals surface area (Å²) in [6, 6.07) is 3.60. The molecule has 0 saturated heterocycles. The van der Waals surface area contributed by atoms with Crippen LogP contribution in [0.2, 0.25) is 0 Å². The number of carboxylic acid groups (broad SMARTS) is 1. The first-order chi connectivity index (χ1) is 8.76. The Bertz CT molecular complexity index is 499. The van der Waals surface area contributed by atoms with Crippen LogP contribution < -0.4 is 5.32 Å². The summed E-state index contributed by atoms with van der Waals surface area (Å²) in [5, 5.41) is 31.7. The van der Waals surface area contributed by atoms with Crippen molar-refractivity contribution >= 4 is 17.3 Å². The number of nitrogens with one attached hydrogen (secondary N) is 1. The lowest BCUT2D eigenvalue weighted by molar-refractivity contribution is -0.384. The molecular formula is C12H16N2O5. The summed E-state index contributed by atoms with van der Waals surface area (Å²) in [4.78, 5) is 21.0. The number of aromatic carboxylic acids is 1. The molecule has 0 spiro atoms. The SMILES string of the molecule is CC(C)(CO)CNc1ccc([N+](=O)[O-])cc1C(=O)O. The van der Waals surface area contributed by atoms with Gasteiger partial charge >= 0.3 is 5.97 Å². The van der Waals surface area contributed by atoms with Gasteiger partial charge in [-0.2, -0.15) is 0 Å². The van der Waals surface area contributed by atoms with Crippen LogP contribution in [0.15, 0.2) is 18.2 Å². The molecule has 0 atom stereocenters. The molecule has 0 aromatic heterocycles. The third-order valence-electron chi connectivity index (χ3n) is 2.63. The van der Waals surface area contributed by atoms with Crippen molar-refractivity contribution < 1.29 is 19.9 Å².